The largest absolute Gasteiger partial charge is 0.508 e. The molecule has 18 heavy (non-hydrogen) atoms. The Morgan fingerprint density at radius 3 is 2.67 bits per heavy atom. The van der Waals surface area contributed by atoms with Gasteiger partial charge >= 0.3 is 0 Å². The van der Waals surface area contributed by atoms with E-state index in [4.69, 9.17) is 5.73 Å². The van der Waals surface area contributed by atoms with Gasteiger partial charge in [0, 0.05) is 11.8 Å². The molecule has 0 bridgehead atoms. The minimum Gasteiger partial charge on any atom is -0.508 e. The zero-order valence-corrected chi connectivity index (χ0v) is 9.58. The third-order valence-electron chi connectivity index (χ3n) is 2.36. The summed E-state index contributed by atoms with van der Waals surface area (Å²) in [7, 11) is 0. The van der Waals surface area contributed by atoms with Crippen LogP contribution in [0.2, 0.25) is 0 Å². The first kappa shape index (κ1) is 11.9. The zero-order chi connectivity index (χ0) is 13.0. The lowest BCUT2D eigenvalue weighted by molar-refractivity contribution is 0.100. The number of phenolic OH excluding ortho intramolecular Hbond substituents is 1. The molecule has 0 heterocycles. The Morgan fingerprint density at radius 2 is 1.94 bits per heavy atom. The van der Waals surface area contributed by atoms with Gasteiger partial charge in [0.15, 0.2) is 0 Å². The van der Waals surface area contributed by atoms with Crippen molar-refractivity contribution < 1.29 is 9.90 Å². The predicted octanol–water partition coefficient (Wildman–Crippen LogP) is 2.24. The number of carbonyl (C=O) groups is 1. The lowest BCUT2D eigenvalue weighted by Gasteiger charge is -1.98. The summed E-state index contributed by atoms with van der Waals surface area (Å²) in [6.45, 7) is 0. The quantitative estimate of drug-likeness (QED) is 0.807. The molecular formula is C14H12N2O2. The number of nitrogens with zero attached hydrogens (tertiary/aromatic N) is 1. The highest BCUT2D eigenvalue weighted by Gasteiger charge is 1.99. The molecule has 0 aliphatic carbocycles. The Morgan fingerprint density at radius 1 is 1.17 bits per heavy atom. The number of rotatable bonds is 3. The molecule has 0 saturated carbocycles. The minimum absolute atomic E-state index is 0.185. The summed E-state index contributed by atoms with van der Waals surface area (Å²) < 4.78 is 0. The van der Waals surface area contributed by atoms with Crippen LogP contribution in [-0.4, -0.2) is 17.2 Å². The minimum atomic E-state index is -0.482. The van der Waals surface area contributed by atoms with E-state index in [1.165, 1.54) is 0 Å². The Kier molecular flexibility index (Phi) is 3.38. The van der Waals surface area contributed by atoms with Crippen LogP contribution < -0.4 is 5.73 Å². The van der Waals surface area contributed by atoms with Crippen LogP contribution in [0.1, 0.15) is 15.9 Å². The fourth-order valence-electron chi connectivity index (χ4n) is 1.49. The Balaban J connectivity index is 2.23. The molecule has 2 aromatic rings. The number of hydrogen-bond acceptors (Lipinski definition) is 3. The summed E-state index contributed by atoms with van der Waals surface area (Å²) >= 11 is 0. The van der Waals surface area contributed by atoms with E-state index in [1.54, 1.807) is 48.7 Å². The van der Waals surface area contributed by atoms with E-state index >= 15 is 0 Å². The molecule has 0 aromatic heterocycles. The van der Waals surface area contributed by atoms with Crippen LogP contribution in [0.3, 0.4) is 0 Å². The summed E-state index contributed by atoms with van der Waals surface area (Å²) in [5.41, 5.74) is 7.01. The van der Waals surface area contributed by atoms with Crippen LogP contribution in [0, 0.1) is 0 Å². The first-order valence-corrected chi connectivity index (χ1v) is 5.38. The molecule has 2 aromatic carbocycles. The van der Waals surface area contributed by atoms with Gasteiger partial charge < -0.3 is 10.8 Å². The van der Waals surface area contributed by atoms with Gasteiger partial charge in [0.25, 0.3) is 0 Å². The third kappa shape index (κ3) is 2.95. The second-order valence-corrected chi connectivity index (χ2v) is 3.77. The van der Waals surface area contributed by atoms with Crippen LogP contribution in [0.25, 0.3) is 0 Å². The number of hydrogen-bond donors (Lipinski definition) is 2. The third-order valence-corrected chi connectivity index (χ3v) is 2.36. The van der Waals surface area contributed by atoms with Crippen molar-refractivity contribution in [3.05, 3.63) is 59.7 Å². The van der Waals surface area contributed by atoms with Crippen molar-refractivity contribution in [2.45, 2.75) is 0 Å². The van der Waals surface area contributed by atoms with E-state index < -0.39 is 5.91 Å². The number of primary amides is 1. The van der Waals surface area contributed by atoms with Gasteiger partial charge in [0.05, 0.1) is 5.69 Å². The summed E-state index contributed by atoms with van der Waals surface area (Å²) in [4.78, 5) is 15.2. The Labute approximate surface area is 104 Å². The summed E-state index contributed by atoms with van der Waals surface area (Å²) in [6, 6.07) is 13.5. The Hall–Kier alpha value is -2.62. The topological polar surface area (TPSA) is 75.7 Å². The van der Waals surface area contributed by atoms with E-state index in [1.807, 2.05) is 6.07 Å². The van der Waals surface area contributed by atoms with E-state index in [0.29, 0.717) is 11.3 Å². The highest BCUT2D eigenvalue weighted by Crippen LogP contribution is 2.15. The maximum Gasteiger partial charge on any atom is 0.248 e. The van der Waals surface area contributed by atoms with E-state index in [-0.39, 0.29) is 5.75 Å². The molecule has 4 nitrogen and oxygen atoms in total. The summed E-state index contributed by atoms with van der Waals surface area (Å²) in [6.07, 6.45) is 1.61. The van der Waals surface area contributed by atoms with Crippen molar-refractivity contribution >= 4 is 17.8 Å². The maximum atomic E-state index is 11.0. The molecule has 0 fully saturated rings. The number of aliphatic imine (C=N–C) groups is 1. The van der Waals surface area contributed by atoms with E-state index in [9.17, 15) is 9.90 Å². The van der Waals surface area contributed by atoms with Gasteiger partial charge in [-0.1, -0.05) is 18.2 Å². The van der Waals surface area contributed by atoms with Gasteiger partial charge in [-0.15, -0.1) is 0 Å². The summed E-state index contributed by atoms with van der Waals surface area (Å²) in [5, 5.41) is 9.30. The molecular weight excluding hydrogens is 228 g/mol. The van der Waals surface area contributed by atoms with Crippen LogP contribution in [0.15, 0.2) is 53.5 Å². The number of phenols is 1. The van der Waals surface area contributed by atoms with Crippen molar-refractivity contribution in [3.8, 4) is 5.75 Å². The van der Waals surface area contributed by atoms with Gasteiger partial charge in [-0.2, -0.15) is 0 Å². The number of aromatic hydroxyl groups is 1. The first-order chi connectivity index (χ1) is 8.65. The lowest BCUT2D eigenvalue weighted by Crippen LogP contribution is -2.10. The van der Waals surface area contributed by atoms with Crippen molar-refractivity contribution in [2.75, 3.05) is 0 Å². The molecule has 90 valence electrons. The van der Waals surface area contributed by atoms with Gasteiger partial charge in [0.1, 0.15) is 5.75 Å². The Bertz CT molecular complexity index is 606. The standard InChI is InChI=1S/C14H12N2O2/c15-14(18)11-4-2-5-12(8-11)16-9-10-3-1-6-13(17)7-10/h1-9,17H,(H2,15,18). The molecule has 0 aliphatic rings. The molecule has 4 heteroatoms. The SMILES string of the molecule is NC(=O)c1cccc(N=Cc2cccc(O)c2)c1. The number of carbonyl (C=O) groups excluding carboxylic acids is 1. The summed E-state index contributed by atoms with van der Waals surface area (Å²) in [5.74, 6) is -0.297. The monoisotopic (exact) mass is 240 g/mol. The average Bonchev–Trinajstić information content (AvgIpc) is 2.37. The van der Waals surface area contributed by atoms with Crippen molar-refractivity contribution in [3.63, 3.8) is 0 Å². The fraction of sp³-hybridized carbons (Fsp3) is 0. The average molecular weight is 240 g/mol. The van der Waals surface area contributed by atoms with Gasteiger partial charge in [-0.3, -0.25) is 9.79 Å². The number of benzene rings is 2. The molecule has 0 aliphatic heterocycles. The maximum absolute atomic E-state index is 11.0. The molecule has 2 rings (SSSR count). The second-order valence-electron chi connectivity index (χ2n) is 3.77. The molecule has 0 atom stereocenters. The van der Waals surface area contributed by atoms with Crippen LogP contribution in [-0.2, 0) is 0 Å². The second kappa shape index (κ2) is 5.14. The first-order valence-electron chi connectivity index (χ1n) is 5.38. The molecule has 0 radical (unpaired) electrons. The van der Waals surface area contributed by atoms with Crippen LogP contribution in [0.5, 0.6) is 5.75 Å². The van der Waals surface area contributed by atoms with E-state index in [0.717, 1.165) is 5.56 Å². The molecule has 0 spiro atoms. The highest BCUT2D eigenvalue weighted by atomic mass is 16.3. The van der Waals surface area contributed by atoms with Crippen molar-refractivity contribution in [1.82, 2.24) is 0 Å². The molecule has 3 N–H and O–H groups in total. The van der Waals surface area contributed by atoms with Crippen LogP contribution >= 0.6 is 0 Å². The van der Waals surface area contributed by atoms with Crippen molar-refractivity contribution in [1.29, 1.82) is 0 Å². The van der Waals surface area contributed by atoms with E-state index in [2.05, 4.69) is 4.99 Å². The highest BCUT2D eigenvalue weighted by molar-refractivity contribution is 5.94. The van der Waals surface area contributed by atoms with Gasteiger partial charge in [0.2, 0.25) is 5.91 Å². The number of nitrogens with two attached hydrogens (primary N) is 1. The van der Waals surface area contributed by atoms with Crippen LogP contribution in [0.4, 0.5) is 5.69 Å². The molecule has 1 amide bonds. The fourth-order valence-corrected chi connectivity index (χ4v) is 1.49. The lowest BCUT2D eigenvalue weighted by atomic mass is 10.2. The van der Waals surface area contributed by atoms with Gasteiger partial charge in [-0.25, -0.2) is 0 Å². The smallest absolute Gasteiger partial charge is 0.248 e. The number of amides is 1. The molecule has 0 unspecified atom stereocenters. The predicted molar refractivity (Wildman–Crippen MR) is 70.3 cm³/mol. The zero-order valence-electron chi connectivity index (χ0n) is 9.58. The van der Waals surface area contributed by atoms with Crippen molar-refractivity contribution in [2.24, 2.45) is 10.7 Å². The molecule has 0 saturated heterocycles. The normalized spacial score (nSPS) is 10.7. The van der Waals surface area contributed by atoms with Gasteiger partial charge in [-0.05, 0) is 35.9 Å².